The molecule has 0 bridgehead atoms. The molecule has 0 spiro atoms. The largest absolute Gasteiger partial charge is 3.00 e. The van der Waals surface area contributed by atoms with Gasteiger partial charge in [-0.3, -0.25) is 6.08 Å². The Morgan fingerprint density at radius 1 is 1.12 bits per heavy atom. The number of rotatable bonds is 4. The van der Waals surface area contributed by atoms with Gasteiger partial charge in [-0.2, -0.15) is 6.08 Å². The van der Waals surface area contributed by atoms with E-state index in [0.29, 0.717) is 5.25 Å². The summed E-state index contributed by atoms with van der Waals surface area (Å²) in [5.41, 5.74) is 4.60. The van der Waals surface area contributed by atoms with Crippen LogP contribution in [0.25, 0.3) is 0 Å². The van der Waals surface area contributed by atoms with Crippen LogP contribution in [-0.2, 0) is 21.7 Å². The summed E-state index contributed by atoms with van der Waals surface area (Å²) in [6, 6.07) is 0. The van der Waals surface area contributed by atoms with E-state index in [1.54, 1.807) is 5.57 Å². The van der Waals surface area contributed by atoms with E-state index in [4.69, 9.17) is 0 Å². The second-order valence-electron chi connectivity index (χ2n) is 8.78. The van der Waals surface area contributed by atoms with Crippen LogP contribution in [0.2, 0.25) is 0 Å². The molecule has 2 aliphatic rings. The average molecular weight is 448 g/mol. The number of hydrogen-bond acceptors (Lipinski definition) is 1. The molecule has 2 aliphatic carbocycles. The van der Waals surface area contributed by atoms with Crippen LogP contribution in [-0.4, -0.2) is 10.00 Å². The van der Waals surface area contributed by atoms with E-state index in [1.165, 1.54) is 11.1 Å². The maximum atomic E-state index is 3.62. The fraction of sp³-hybridized carbons (Fsp3) is 0.636. The second-order valence-corrected chi connectivity index (χ2v) is 10.7. The van der Waals surface area contributed by atoms with E-state index in [-0.39, 0.29) is 62.1 Å². The van der Waals surface area contributed by atoms with Gasteiger partial charge in [-0.25, -0.2) is 11.6 Å². The summed E-state index contributed by atoms with van der Waals surface area (Å²) in [5, 5.41) is 0.595. The van der Waals surface area contributed by atoms with Gasteiger partial charge in [0.25, 0.3) is 0 Å². The summed E-state index contributed by atoms with van der Waals surface area (Å²) in [5.74, 6) is 0. The number of hydrogen-bond donors (Lipinski definition) is 0. The predicted molar refractivity (Wildman–Crippen MR) is 106 cm³/mol. The van der Waals surface area contributed by atoms with E-state index in [9.17, 15) is 0 Å². The predicted octanol–water partition coefficient (Wildman–Crippen LogP) is 0.910. The number of halogens is 2. The molecule has 2 rings (SSSR count). The first-order valence-electron chi connectivity index (χ1n) is 8.86. The van der Waals surface area contributed by atoms with Crippen molar-refractivity contribution >= 4 is 11.8 Å². The molecule has 0 fully saturated rings. The van der Waals surface area contributed by atoms with Crippen LogP contribution in [0.3, 0.4) is 0 Å². The summed E-state index contributed by atoms with van der Waals surface area (Å²) < 4.78 is 0.0932. The molecular formula is C22H33Cl2STi. The zero-order valence-electron chi connectivity index (χ0n) is 17.5. The van der Waals surface area contributed by atoms with Crippen LogP contribution in [0.1, 0.15) is 68.2 Å². The van der Waals surface area contributed by atoms with Gasteiger partial charge in [0.1, 0.15) is 0 Å². The van der Waals surface area contributed by atoms with Crippen LogP contribution in [0.4, 0.5) is 0 Å². The van der Waals surface area contributed by atoms with E-state index in [2.05, 4.69) is 97.5 Å². The molecule has 1 unspecified atom stereocenters. The number of thioether (sulfide) groups is 1. The Morgan fingerprint density at radius 2 is 1.69 bits per heavy atom. The van der Waals surface area contributed by atoms with Crippen molar-refractivity contribution in [3.63, 3.8) is 0 Å². The zero-order valence-corrected chi connectivity index (χ0v) is 21.4. The summed E-state index contributed by atoms with van der Waals surface area (Å²) in [6.07, 6.45) is 15.1. The second kappa shape index (κ2) is 10.4. The maximum absolute atomic E-state index is 3.62. The van der Waals surface area contributed by atoms with Gasteiger partial charge < -0.3 is 24.8 Å². The first-order chi connectivity index (χ1) is 10.5. The first-order valence-corrected chi connectivity index (χ1v) is 9.74. The zero-order chi connectivity index (χ0) is 17.5. The molecule has 0 aromatic heterocycles. The molecule has 1 radical (unpaired) electrons. The van der Waals surface area contributed by atoms with Gasteiger partial charge in [0, 0.05) is 4.75 Å². The van der Waals surface area contributed by atoms with Crippen molar-refractivity contribution in [2.75, 3.05) is 0 Å². The third-order valence-corrected chi connectivity index (χ3v) is 6.91. The smallest absolute Gasteiger partial charge is 1.00 e. The Hall–Kier alpha value is 0.604. The van der Waals surface area contributed by atoms with E-state index in [1.807, 2.05) is 0 Å². The standard InChI is InChI=1S/C22H33S.2ClH.Ti/c1-16(2)23-22(21(7,8)18-11-9-10-12-18)14-13-17(3)15-19(22)20(4,5)6;;;/h9,11,13,15-16H,10,14H2,1-8H3;2*1H;/q-1;;;+3/p-2. The van der Waals surface area contributed by atoms with Gasteiger partial charge in [0.2, 0.25) is 0 Å². The average Bonchev–Trinajstić information content (AvgIpc) is 2.93. The van der Waals surface area contributed by atoms with Crippen LogP contribution < -0.4 is 24.8 Å². The minimum Gasteiger partial charge on any atom is -1.00 e. The van der Waals surface area contributed by atoms with Crippen molar-refractivity contribution in [3.8, 4) is 0 Å². The van der Waals surface area contributed by atoms with Crippen molar-refractivity contribution in [3.05, 3.63) is 47.1 Å². The van der Waals surface area contributed by atoms with Gasteiger partial charge >= 0.3 is 21.7 Å². The van der Waals surface area contributed by atoms with Crippen molar-refractivity contribution in [2.24, 2.45) is 10.8 Å². The van der Waals surface area contributed by atoms with Crippen molar-refractivity contribution in [1.29, 1.82) is 0 Å². The molecule has 0 N–H and O–H groups in total. The van der Waals surface area contributed by atoms with Crippen molar-refractivity contribution < 1.29 is 46.5 Å². The van der Waals surface area contributed by atoms with E-state index in [0.717, 1.165) is 12.8 Å². The molecule has 0 heterocycles. The van der Waals surface area contributed by atoms with Gasteiger partial charge in [-0.15, -0.1) is 18.2 Å². The fourth-order valence-electron chi connectivity index (χ4n) is 3.94. The monoisotopic (exact) mass is 447 g/mol. The fourth-order valence-corrected chi connectivity index (χ4v) is 5.83. The molecule has 0 saturated carbocycles. The van der Waals surface area contributed by atoms with Gasteiger partial charge in [0.15, 0.2) is 0 Å². The van der Waals surface area contributed by atoms with Crippen LogP contribution >= 0.6 is 11.8 Å². The molecule has 26 heavy (non-hydrogen) atoms. The van der Waals surface area contributed by atoms with Crippen LogP contribution in [0, 0.1) is 16.9 Å². The van der Waals surface area contributed by atoms with Crippen molar-refractivity contribution in [1.82, 2.24) is 0 Å². The molecule has 4 heteroatoms. The molecule has 1 atom stereocenters. The van der Waals surface area contributed by atoms with Gasteiger partial charge in [-0.05, 0) is 35.0 Å². The van der Waals surface area contributed by atoms with E-state index < -0.39 is 0 Å². The first kappa shape index (κ1) is 28.8. The van der Waals surface area contributed by atoms with Crippen LogP contribution in [0.5, 0.6) is 0 Å². The van der Waals surface area contributed by atoms with Crippen molar-refractivity contribution in [2.45, 2.75) is 78.2 Å². The van der Waals surface area contributed by atoms with Gasteiger partial charge in [-0.1, -0.05) is 66.2 Å². The molecule has 0 aromatic carbocycles. The third-order valence-electron chi connectivity index (χ3n) is 5.14. The molecule has 145 valence electrons. The molecule has 0 aromatic rings. The maximum Gasteiger partial charge on any atom is 3.00 e. The minimum atomic E-state index is 0. The molecule has 0 aliphatic heterocycles. The molecule has 0 amide bonds. The summed E-state index contributed by atoms with van der Waals surface area (Å²) in [6.45, 7) is 18.8. The normalized spacial score (nSPS) is 22.6. The Labute approximate surface area is 193 Å². The SMILES string of the molecule is CC1=CCC(SC(C)C)(C(C)(C)C2=[C-]CC=C2)C(C(C)(C)C)=C1.[Cl-].[Cl-].[Ti+3]. The van der Waals surface area contributed by atoms with Crippen LogP contribution in [0.15, 0.2) is 41.0 Å². The quantitative estimate of drug-likeness (QED) is 0.456. The summed E-state index contributed by atoms with van der Waals surface area (Å²) >= 11 is 2.15. The third kappa shape index (κ3) is 5.57. The number of allylic oxidation sites excluding steroid dienone is 7. The topological polar surface area (TPSA) is 0 Å². The Bertz CT molecular complexity index is 592. The molecule has 0 nitrogen and oxygen atoms in total. The summed E-state index contributed by atoms with van der Waals surface area (Å²) in [7, 11) is 0. The Balaban J connectivity index is 0. The molecular weight excluding hydrogens is 415 g/mol. The molecule has 0 saturated heterocycles. The minimum absolute atomic E-state index is 0. The summed E-state index contributed by atoms with van der Waals surface area (Å²) in [4.78, 5) is 0. The Morgan fingerprint density at radius 3 is 2.12 bits per heavy atom. The van der Waals surface area contributed by atoms with E-state index >= 15 is 0 Å². The van der Waals surface area contributed by atoms with Gasteiger partial charge in [0.05, 0.1) is 0 Å². The Kier molecular flexibility index (Phi) is 11.5.